The number of nitrogens with zero attached hydrogens (tertiary/aromatic N) is 3. The second kappa shape index (κ2) is 5.82. The number of amides is 1. The summed E-state index contributed by atoms with van der Waals surface area (Å²) in [7, 11) is 0. The van der Waals surface area contributed by atoms with E-state index in [0.717, 1.165) is 20.9 Å². The Labute approximate surface area is 149 Å². The Balaban J connectivity index is 1.82. The predicted molar refractivity (Wildman–Crippen MR) is 95.9 cm³/mol. The van der Waals surface area contributed by atoms with E-state index in [4.69, 9.17) is 4.74 Å². The Kier molecular flexibility index (Phi) is 4.08. The first-order valence-electron chi connectivity index (χ1n) is 7.88. The van der Waals surface area contributed by atoms with Gasteiger partial charge in [-0.05, 0) is 61.3 Å². The summed E-state index contributed by atoms with van der Waals surface area (Å²) in [5.74, 6) is 0. The van der Waals surface area contributed by atoms with Crippen molar-refractivity contribution in [3.05, 3.63) is 33.9 Å². The Bertz CT molecular complexity index is 852. The first kappa shape index (κ1) is 16.8. The van der Waals surface area contributed by atoms with Gasteiger partial charge in [0.1, 0.15) is 5.60 Å². The third-order valence-electron chi connectivity index (χ3n) is 4.16. The fourth-order valence-corrected chi connectivity index (χ4v) is 3.43. The van der Waals surface area contributed by atoms with Crippen molar-refractivity contribution in [2.45, 2.75) is 39.3 Å². The summed E-state index contributed by atoms with van der Waals surface area (Å²) in [4.78, 5) is 13.8. The van der Waals surface area contributed by atoms with Crippen molar-refractivity contribution in [1.82, 2.24) is 9.47 Å². The molecule has 1 aliphatic heterocycles. The summed E-state index contributed by atoms with van der Waals surface area (Å²) in [6.45, 7) is 8.81. The molecule has 1 amide bonds. The molecule has 0 N–H and O–H groups in total. The van der Waals surface area contributed by atoms with Crippen molar-refractivity contribution in [2.24, 2.45) is 0 Å². The minimum Gasteiger partial charge on any atom is -0.444 e. The maximum absolute atomic E-state index is 12.1. The van der Waals surface area contributed by atoms with Crippen LogP contribution in [0.5, 0.6) is 0 Å². The van der Waals surface area contributed by atoms with Crippen molar-refractivity contribution < 1.29 is 9.53 Å². The summed E-state index contributed by atoms with van der Waals surface area (Å²) in [6.07, 6.45) is 1.76. The molecule has 0 unspecified atom stereocenters. The molecule has 6 heteroatoms. The summed E-state index contributed by atoms with van der Waals surface area (Å²) >= 11 is 3.58. The van der Waals surface area contributed by atoms with Crippen molar-refractivity contribution in [2.75, 3.05) is 13.1 Å². The average molecular weight is 390 g/mol. The number of carbonyl (C=O) groups excluding carboxylic acids is 1. The van der Waals surface area contributed by atoms with Crippen LogP contribution < -0.4 is 0 Å². The van der Waals surface area contributed by atoms with Crippen LogP contribution in [0.2, 0.25) is 0 Å². The predicted octanol–water partition coefficient (Wildman–Crippen LogP) is 4.38. The van der Waals surface area contributed by atoms with Crippen LogP contribution >= 0.6 is 15.9 Å². The lowest BCUT2D eigenvalue weighted by atomic mass is 10.1. The molecule has 0 radical (unpaired) electrons. The highest BCUT2D eigenvalue weighted by atomic mass is 79.9. The minimum atomic E-state index is -0.476. The van der Waals surface area contributed by atoms with Crippen LogP contribution in [0.15, 0.2) is 22.8 Å². The lowest BCUT2D eigenvalue weighted by Gasteiger charge is -2.40. The van der Waals surface area contributed by atoms with E-state index in [0.29, 0.717) is 18.7 Å². The second-order valence-electron chi connectivity index (χ2n) is 7.22. The number of benzene rings is 1. The lowest BCUT2D eigenvalue weighted by molar-refractivity contribution is 0.00157. The summed E-state index contributed by atoms with van der Waals surface area (Å²) < 4.78 is 8.54. The number of rotatable bonds is 1. The van der Waals surface area contributed by atoms with Gasteiger partial charge in [-0.1, -0.05) is 0 Å². The molecule has 3 rings (SSSR count). The molecule has 126 valence electrons. The van der Waals surface area contributed by atoms with Gasteiger partial charge in [-0.2, -0.15) is 5.26 Å². The molecule has 1 aromatic heterocycles. The SMILES string of the molecule is Cc1cc2c(cc1C#N)c(Br)cn2C1CN(C(=O)OC(C)(C)C)C1. The van der Waals surface area contributed by atoms with Crippen LogP contribution in [0.4, 0.5) is 4.79 Å². The van der Waals surface area contributed by atoms with Gasteiger partial charge in [0.05, 0.1) is 17.7 Å². The van der Waals surface area contributed by atoms with E-state index in [2.05, 4.69) is 26.6 Å². The second-order valence-corrected chi connectivity index (χ2v) is 8.07. The van der Waals surface area contributed by atoms with Crippen molar-refractivity contribution in [1.29, 1.82) is 5.26 Å². The van der Waals surface area contributed by atoms with Crippen LogP contribution in [-0.2, 0) is 4.74 Å². The molecular weight excluding hydrogens is 370 g/mol. The molecule has 0 aliphatic carbocycles. The van der Waals surface area contributed by atoms with Gasteiger partial charge in [0.25, 0.3) is 0 Å². The number of fused-ring (bicyclic) bond motifs is 1. The Hall–Kier alpha value is -2.00. The molecule has 0 spiro atoms. The number of hydrogen-bond donors (Lipinski definition) is 0. The van der Waals surface area contributed by atoms with E-state index in [-0.39, 0.29) is 12.1 Å². The Morgan fingerprint density at radius 3 is 2.62 bits per heavy atom. The topological polar surface area (TPSA) is 58.3 Å². The van der Waals surface area contributed by atoms with Crippen LogP contribution in [0.25, 0.3) is 10.9 Å². The molecule has 5 nitrogen and oxygen atoms in total. The maximum Gasteiger partial charge on any atom is 0.410 e. The number of nitriles is 1. The first-order chi connectivity index (χ1) is 11.2. The highest BCUT2D eigenvalue weighted by Gasteiger charge is 2.35. The van der Waals surface area contributed by atoms with E-state index >= 15 is 0 Å². The molecule has 24 heavy (non-hydrogen) atoms. The zero-order valence-corrected chi connectivity index (χ0v) is 15.8. The molecule has 0 saturated carbocycles. The molecule has 1 aromatic carbocycles. The fourth-order valence-electron chi connectivity index (χ4n) is 2.89. The first-order valence-corrected chi connectivity index (χ1v) is 8.67. The van der Waals surface area contributed by atoms with E-state index in [9.17, 15) is 10.1 Å². The number of aromatic nitrogens is 1. The average Bonchev–Trinajstić information content (AvgIpc) is 2.71. The standard InChI is InChI=1S/C18H20BrN3O2/c1-11-5-16-14(6-12(11)7-20)15(19)10-22(16)13-8-21(9-13)17(23)24-18(2,3)4/h5-6,10,13H,8-9H2,1-4H3. The molecule has 0 bridgehead atoms. The van der Waals surface area contributed by atoms with E-state index in [1.807, 2.05) is 46.0 Å². The third kappa shape index (κ3) is 3.01. The molecule has 1 fully saturated rings. The summed E-state index contributed by atoms with van der Waals surface area (Å²) in [5.41, 5.74) is 2.24. The quantitative estimate of drug-likeness (QED) is 0.726. The lowest BCUT2D eigenvalue weighted by Crippen LogP contribution is -2.52. The number of hydrogen-bond acceptors (Lipinski definition) is 3. The molecule has 0 atom stereocenters. The van der Waals surface area contributed by atoms with Gasteiger partial charge < -0.3 is 14.2 Å². The Morgan fingerprint density at radius 2 is 2.04 bits per heavy atom. The zero-order valence-electron chi connectivity index (χ0n) is 14.3. The molecule has 2 heterocycles. The van der Waals surface area contributed by atoms with Gasteiger partial charge in [-0.25, -0.2) is 4.79 Å². The van der Waals surface area contributed by atoms with Gasteiger partial charge in [-0.15, -0.1) is 0 Å². The summed E-state index contributed by atoms with van der Waals surface area (Å²) in [6, 6.07) is 6.39. The molecule has 2 aromatic rings. The van der Waals surface area contributed by atoms with Crippen molar-refractivity contribution in [3.63, 3.8) is 0 Å². The highest BCUT2D eigenvalue weighted by Crippen LogP contribution is 2.34. The smallest absolute Gasteiger partial charge is 0.410 e. The fraction of sp³-hybridized carbons (Fsp3) is 0.444. The van der Waals surface area contributed by atoms with Crippen LogP contribution in [-0.4, -0.2) is 34.3 Å². The number of halogens is 1. The van der Waals surface area contributed by atoms with Crippen molar-refractivity contribution in [3.8, 4) is 6.07 Å². The molecule has 1 aliphatic rings. The minimum absolute atomic E-state index is 0.221. The van der Waals surface area contributed by atoms with E-state index in [1.165, 1.54) is 0 Å². The largest absolute Gasteiger partial charge is 0.444 e. The van der Waals surface area contributed by atoms with Gasteiger partial charge >= 0.3 is 6.09 Å². The van der Waals surface area contributed by atoms with Crippen molar-refractivity contribution >= 4 is 32.9 Å². The molecular formula is C18H20BrN3O2. The number of aryl methyl sites for hydroxylation is 1. The van der Waals surface area contributed by atoms with Gasteiger partial charge in [0.2, 0.25) is 0 Å². The zero-order chi connectivity index (χ0) is 17.6. The third-order valence-corrected chi connectivity index (χ3v) is 4.79. The number of likely N-dealkylation sites (tertiary alicyclic amines) is 1. The highest BCUT2D eigenvalue weighted by molar-refractivity contribution is 9.10. The van der Waals surface area contributed by atoms with E-state index in [1.54, 1.807) is 4.90 Å². The Morgan fingerprint density at radius 1 is 1.38 bits per heavy atom. The number of carbonyl (C=O) groups is 1. The monoisotopic (exact) mass is 389 g/mol. The van der Waals surface area contributed by atoms with E-state index < -0.39 is 5.60 Å². The van der Waals surface area contributed by atoms with Gasteiger partial charge in [0, 0.05) is 34.7 Å². The normalized spacial score (nSPS) is 15.2. The molecule has 1 saturated heterocycles. The van der Waals surface area contributed by atoms with Crippen LogP contribution in [0, 0.1) is 18.3 Å². The van der Waals surface area contributed by atoms with Crippen LogP contribution in [0.1, 0.15) is 37.9 Å². The summed E-state index contributed by atoms with van der Waals surface area (Å²) in [5, 5.41) is 10.2. The van der Waals surface area contributed by atoms with Gasteiger partial charge in [-0.3, -0.25) is 0 Å². The van der Waals surface area contributed by atoms with Gasteiger partial charge in [0.15, 0.2) is 0 Å². The maximum atomic E-state index is 12.1. The van der Waals surface area contributed by atoms with Crippen LogP contribution in [0.3, 0.4) is 0 Å². The number of ether oxygens (including phenoxy) is 1.